The predicted molar refractivity (Wildman–Crippen MR) is 45.0 cm³/mol. The number of carbonyl (C=O) groups excluding carboxylic acids is 1. The van der Waals surface area contributed by atoms with E-state index in [1.54, 1.807) is 0 Å². The Hall–Kier alpha value is -1.74. The first-order valence-corrected chi connectivity index (χ1v) is 3.71. The summed E-state index contributed by atoms with van der Waals surface area (Å²) in [6.07, 6.45) is 0.829. The molecule has 0 atom stereocenters. The van der Waals surface area contributed by atoms with Crippen molar-refractivity contribution in [3.05, 3.63) is 29.8 Å². The van der Waals surface area contributed by atoms with Gasteiger partial charge in [0.05, 0.1) is 7.11 Å². The Morgan fingerprint density at radius 2 is 1.93 bits per heavy atom. The van der Waals surface area contributed by atoms with Gasteiger partial charge >= 0.3 is 6.05 Å². The van der Waals surface area contributed by atoms with Crippen LogP contribution in [0.15, 0.2) is 29.3 Å². The molecule has 0 aliphatic rings. The van der Waals surface area contributed by atoms with Crippen LogP contribution in [0.3, 0.4) is 0 Å². The van der Waals surface area contributed by atoms with Crippen LogP contribution in [0, 0.1) is 0 Å². The minimum absolute atomic E-state index is 0.373. The molecular weight excluding hydrogens is 192 g/mol. The summed E-state index contributed by atoms with van der Waals surface area (Å²) in [4.78, 5) is 12.1. The first kappa shape index (κ1) is 10.3. The zero-order chi connectivity index (χ0) is 10.6. The van der Waals surface area contributed by atoms with E-state index in [-0.39, 0.29) is 5.56 Å². The summed E-state index contributed by atoms with van der Waals surface area (Å²) >= 11 is 0. The lowest BCUT2D eigenvalue weighted by Crippen LogP contribution is -2.08. The van der Waals surface area contributed by atoms with Crippen molar-refractivity contribution in [3.8, 4) is 5.75 Å². The maximum atomic E-state index is 12.9. The fraction of sp³-hybridized carbons (Fsp3) is 0.222. The second-order valence-corrected chi connectivity index (χ2v) is 2.47. The Morgan fingerprint density at radius 3 is 2.36 bits per heavy atom. The third-order valence-electron chi connectivity index (χ3n) is 1.62. The summed E-state index contributed by atoms with van der Waals surface area (Å²) in [6.45, 7) is 0. The molecule has 0 aliphatic heterocycles. The Balaban J connectivity index is 3.02. The normalized spacial score (nSPS) is 10.5. The lowest BCUT2D eigenvalue weighted by atomic mass is 10.2. The number of hydrogen-bond donors (Lipinski definition) is 0. The van der Waals surface area contributed by atoms with Crippen molar-refractivity contribution in [1.29, 1.82) is 0 Å². The highest BCUT2D eigenvalue weighted by Gasteiger charge is 2.30. The van der Waals surface area contributed by atoms with E-state index < -0.39 is 6.05 Å². The summed E-state index contributed by atoms with van der Waals surface area (Å²) in [7, 11) is 1.43. The zero-order valence-electron chi connectivity index (χ0n) is 7.33. The first-order valence-electron chi connectivity index (χ1n) is 3.71. The Kier molecular flexibility index (Phi) is 2.94. The maximum Gasteiger partial charge on any atom is 0.379 e. The third-order valence-corrected chi connectivity index (χ3v) is 1.62. The van der Waals surface area contributed by atoms with E-state index in [0.717, 1.165) is 18.2 Å². The molecule has 5 heteroatoms. The molecule has 0 aromatic heterocycles. The first-order chi connectivity index (χ1) is 6.60. The Bertz CT molecular complexity index is 356. The Morgan fingerprint density at radius 1 is 1.36 bits per heavy atom. The number of alkyl halides is 2. The molecule has 0 bridgehead atoms. The molecule has 0 radical (unpaired) electrons. The number of ether oxygens (including phenoxy) is 1. The van der Waals surface area contributed by atoms with Crippen LogP contribution in [0.25, 0.3) is 0 Å². The standard InChI is InChI=1S/C9H7F2NO2/c1-14-8-4-2-7(3-5-8)9(10,11)12-6-13/h2-5H,1H3. The number of rotatable bonds is 3. The minimum Gasteiger partial charge on any atom is -0.497 e. The number of halogens is 2. The molecule has 0 aliphatic carbocycles. The molecule has 14 heavy (non-hydrogen) atoms. The van der Waals surface area contributed by atoms with Gasteiger partial charge in [-0.3, -0.25) is 0 Å². The third kappa shape index (κ3) is 2.14. The van der Waals surface area contributed by atoms with Crippen LogP contribution < -0.4 is 4.74 Å². The lowest BCUT2D eigenvalue weighted by molar-refractivity contribution is 0.00614. The largest absolute Gasteiger partial charge is 0.497 e. The molecule has 0 unspecified atom stereocenters. The van der Waals surface area contributed by atoms with Crippen molar-refractivity contribution in [2.75, 3.05) is 7.11 Å². The van der Waals surface area contributed by atoms with Gasteiger partial charge in [-0.15, -0.1) is 4.99 Å². The van der Waals surface area contributed by atoms with Crippen molar-refractivity contribution in [3.63, 3.8) is 0 Å². The van der Waals surface area contributed by atoms with Crippen molar-refractivity contribution in [1.82, 2.24) is 0 Å². The molecule has 1 aromatic carbocycles. The molecule has 0 fully saturated rings. The van der Waals surface area contributed by atoms with Crippen molar-refractivity contribution in [2.24, 2.45) is 4.99 Å². The van der Waals surface area contributed by atoms with Gasteiger partial charge in [0, 0.05) is 5.56 Å². The summed E-state index contributed by atoms with van der Waals surface area (Å²) < 4.78 is 30.6. The van der Waals surface area contributed by atoms with Gasteiger partial charge in [-0.05, 0) is 24.3 Å². The fourth-order valence-electron chi connectivity index (χ4n) is 0.913. The molecular formula is C9H7F2NO2. The Labute approximate surface area is 79.0 Å². The minimum atomic E-state index is -3.52. The van der Waals surface area contributed by atoms with Gasteiger partial charge in [-0.2, -0.15) is 8.78 Å². The van der Waals surface area contributed by atoms with E-state index in [4.69, 9.17) is 4.74 Å². The van der Waals surface area contributed by atoms with Gasteiger partial charge in [0.2, 0.25) is 6.08 Å². The van der Waals surface area contributed by atoms with E-state index in [0.29, 0.717) is 5.75 Å². The van der Waals surface area contributed by atoms with Crippen LogP contribution in [-0.4, -0.2) is 13.2 Å². The van der Waals surface area contributed by atoms with Gasteiger partial charge in [-0.1, -0.05) is 0 Å². The van der Waals surface area contributed by atoms with Crippen molar-refractivity contribution >= 4 is 6.08 Å². The van der Waals surface area contributed by atoms with E-state index in [2.05, 4.69) is 4.99 Å². The van der Waals surface area contributed by atoms with Gasteiger partial charge in [0.15, 0.2) is 0 Å². The molecule has 0 heterocycles. The van der Waals surface area contributed by atoms with Gasteiger partial charge in [0.1, 0.15) is 5.75 Å². The van der Waals surface area contributed by atoms with E-state index >= 15 is 0 Å². The summed E-state index contributed by atoms with van der Waals surface area (Å²) in [5.41, 5.74) is -0.373. The van der Waals surface area contributed by atoms with E-state index in [1.807, 2.05) is 0 Å². The molecule has 0 amide bonds. The number of benzene rings is 1. The second-order valence-electron chi connectivity index (χ2n) is 2.47. The topological polar surface area (TPSA) is 38.7 Å². The highest BCUT2D eigenvalue weighted by molar-refractivity contribution is 5.37. The quantitative estimate of drug-likeness (QED) is 0.424. The summed E-state index contributed by atoms with van der Waals surface area (Å²) in [6, 6.07) is 1.49. The molecule has 74 valence electrons. The lowest BCUT2D eigenvalue weighted by Gasteiger charge is -2.09. The molecule has 0 saturated heterocycles. The molecule has 0 saturated carbocycles. The van der Waals surface area contributed by atoms with Gasteiger partial charge < -0.3 is 4.74 Å². The number of nitrogens with zero attached hydrogens (tertiary/aromatic N) is 1. The fourth-order valence-corrected chi connectivity index (χ4v) is 0.913. The zero-order valence-corrected chi connectivity index (χ0v) is 7.33. The monoisotopic (exact) mass is 199 g/mol. The molecule has 1 rings (SSSR count). The van der Waals surface area contributed by atoms with Crippen molar-refractivity contribution in [2.45, 2.75) is 6.05 Å². The van der Waals surface area contributed by atoms with Crippen LogP contribution in [0.5, 0.6) is 5.75 Å². The second kappa shape index (κ2) is 3.98. The molecule has 3 nitrogen and oxygen atoms in total. The molecule has 1 aromatic rings. The molecule has 0 spiro atoms. The van der Waals surface area contributed by atoms with E-state index in [1.165, 1.54) is 19.2 Å². The molecule has 0 N–H and O–H groups in total. The SMILES string of the molecule is COc1ccc(C(F)(F)N=C=O)cc1. The van der Waals surface area contributed by atoms with Crippen LogP contribution in [0.2, 0.25) is 0 Å². The van der Waals surface area contributed by atoms with Crippen LogP contribution in [0.1, 0.15) is 5.56 Å². The number of aliphatic imine (C=N–C) groups is 1. The average Bonchev–Trinajstić information content (AvgIpc) is 2.18. The number of isocyanates is 1. The highest BCUT2D eigenvalue weighted by atomic mass is 19.3. The van der Waals surface area contributed by atoms with Crippen LogP contribution >= 0.6 is 0 Å². The average molecular weight is 199 g/mol. The number of methoxy groups -OCH3 is 1. The number of hydrogen-bond acceptors (Lipinski definition) is 3. The summed E-state index contributed by atoms with van der Waals surface area (Å²) in [5, 5.41) is 0. The summed E-state index contributed by atoms with van der Waals surface area (Å²) in [5.74, 6) is 0.458. The smallest absolute Gasteiger partial charge is 0.379 e. The van der Waals surface area contributed by atoms with E-state index in [9.17, 15) is 13.6 Å². The van der Waals surface area contributed by atoms with Crippen molar-refractivity contribution < 1.29 is 18.3 Å². The van der Waals surface area contributed by atoms with Crippen LogP contribution in [-0.2, 0) is 10.8 Å². The maximum absolute atomic E-state index is 12.9. The van der Waals surface area contributed by atoms with Gasteiger partial charge in [-0.25, -0.2) is 4.79 Å². The van der Waals surface area contributed by atoms with Crippen LogP contribution in [0.4, 0.5) is 8.78 Å². The predicted octanol–water partition coefficient (Wildman–Crippen LogP) is 2.08. The van der Waals surface area contributed by atoms with Gasteiger partial charge in [0.25, 0.3) is 0 Å². The highest BCUT2D eigenvalue weighted by Crippen LogP contribution is 2.29.